The standard InChI is InChI=1S/C14H18N2O4S/c1-16(2)14(18)15-13(17)12(9-19-3)11-7-5-4-6-10(11)8-20-21/h4-7,9,21H,8H2,1-3H3,(H,15,17,18)/b12-9+. The average Bonchev–Trinajstić information content (AvgIpc) is 2.45. The van der Waals surface area contributed by atoms with Crippen LogP contribution < -0.4 is 5.32 Å². The van der Waals surface area contributed by atoms with Gasteiger partial charge in [0.1, 0.15) is 0 Å². The predicted octanol–water partition coefficient (Wildman–Crippen LogP) is 1.83. The lowest BCUT2D eigenvalue weighted by atomic mass is 10.0. The summed E-state index contributed by atoms with van der Waals surface area (Å²) in [5, 5.41) is 2.27. The monoisotopic (exact) mass is 310 g/mol. The number of nitrogens with zero attached hydrogens (tertiary/aromatic N) is 1. The number of amides is 3. The van der Waals surface area contributed by atoms with Crippen molar-refractivity contribution in [1.82, 2.24) is 10.2 Å². The Hall–Kier alpha value is -1.99. The molecule has 0 aliphatic heterocycles. The zero-order chi connectivity index (χ0) is 15.8. The molecule has 0 spiro atoms. The van der Waals surface area contributed by atoms with E-state index >= 15 is 0 Å². The van der Waals surface area contributed by atoms with Crippen molar-refractivity contribution < 1.29 is 18.5 Å². The number of carbonyl (C=O) groups is 2. The molecular formula is C14H18N2O4S. The lowest BCUT2D eigenvalue weighted by Gasteiger charge is -2.14. The number of thiol groups is 1. The Bertz CT molecular complexity index is 544. The summed E-state index contributed by atoms with van der Waals surface area (Å²) in [7, 11) is 4.52. The summed E-state index contributed by atoms with van der Waals surface area (Å²) in [6.45, 7) is 0.218. The summed E-state index contributed by atoms with van der Waals surface area (Å²) >= 11 is 3.72. The molecule has 0 aliphatic carbocycles. The molecule has 0 heterocycles. The molecule has 0 radical (unpaired) electrons. The molecule has 6 nitrogen and oxygen atoms in total. The molecule has 0 fully saturated rings. The molecule has 7 heteroatoms. The van der Waals surface area contributed by atoms with Crippen LogP contribution in [0.3, 0.4) is 0 Å². The number of urea groups is 1. The van der Waals surface area contributed by atoms with Crippen LogP contribution in [0.4, 0.5) is 4.79 Å². The number of hydrogen-bond acceptors (Lipinski definition) is 5. The Labute approximate surface area is 129 Å². The third kappa shape index (κ3) is 4.80. The first-order chi connectivity index (χ1) is 10.0. The van der Waals surface area contributed by atoms with E-state index in [4.69, 9.17) is 8.92 Å². The lowest BCUT2D eigenvalue weighted by molar-refractivity contribution is -0.114. The SMILES string of the molecule is CO/C=C(/C(=O)NC(=O)N(C)C)c1ccccc1COS. The molecule has 0 bridgehead atoms. The van der Waals surface area contributed by atoms with Crippen LogP contribution in [0.5, 0.6) is 0 Å². The third-order valence-electron chi connectivity index (χ3n) is 2.63. The second-order valence-electron chi connectivity index (χ2n) is 4.35. The number of benzene rings is 1. The van der Waals surface area contributed by atoms with Gasteiger partial charge in [0, 0.05) is 14.1 Å². The van der Waals surface area contributed by atoms with E-state index in [0.29, 0.717) is 5.56 Å². The van der Waals surface area contributed by atoms with Gasteiger partial charge in [-0.05, 0) is 24.0 Å². The predicted molar refractivity (Wildman–Crippen MR) is 82.4 cm³/mol. The van der Waals surface area contributed by atoms with Crippen molar-refractivity contribution in [3.8, 4) is 0 Å². The number of imide groups is 1. The molecule has 0 aromatic heterocycles. The number of nitrogens with one attached hydrogen (secondary N) is 1. The van der Waals surface area contributed by atoms with Gasteiger partial charge in [0.25, 0.3) is 5.91 Å². The fraction of sp³-hybridized carbons (Fsp3) is 0.286. The number of methoxy groups -OCH3 is 1. The van der Waals surface area contributed by atoms with Crippen molar-refractivity contribution in [3.63, 3.8) is 0 Å². The van der Waals surface area contributed by atoms with E-state index in [-0.39, 0.29) is 12.2 Å². The zero-order valence-corrected chi connectivity index (χ0v) is 13.0. The van der Waals surface area contributed by atoms with Crippen molar-refractivity contribution >= 4 is 30.4 Å². The third-order valence-corrected chi connectivity index (χ3v) is 2.76. The van der Waals surface area contributed by atoms with Crippen LogP contribution >= 0.6 is 12.9 Å². The number of rotatable bonds is 5. The van der Waals surface area contributed by atoms with Gasteiger partial charge in [-0.1, -0.05) is 24.3 Å². The number of carbonyl (C=O) groups excluding carboxylic acids is 2. The van der Waals surface area contributed by atoms with E-state index in [1.165, 1.54) is 18.3 Å². The molecule has 1 aromatic rings. The van der Waals surface area contributed by atoms with Crippen LogP contribution in [0.25, 0.3) is 5.57 Å². The van der Waals surface area contributed by atoms with E-state index < -0.39 is 11.9 Å². The molecular weight excluding hydrogens is 292 g/mol. The summed E-state index contributed by atoms with van der Waals surface area (Å²) in [6, 6.07) is 6.63. The van der Waals surface area contributed by atoms with E-state index in [1.807, 2.05) is 6.07 Å². The Morgan fingerprint density at radius 1 is 1.33 bits per heavy atom. The highest BCUT2D eigenvalue weighted by Crippen LogP contribution is 2.21. The van der Waals surface area contributed by atoms with Gasteiger partial charge in [0.2, 0.25) is 0 Å². The van der Waals surface area contributed by atoms with Crippen LogP contribution in [0, 0.1) is 0 Å². The second kappa shape index (κ2) is 8.33. The summed E-state index contributed by atoms with van der Waals surface area (Å²) in [5.74, 6) is -0.554. The normalized spacial score (nSPS) is 11.0. The van der Waals surface area contributed by atoms with Gasteiger partial charge in [0.05, 0.1) is 25.6 Å². The van der Waals surface area contributed by atoms with Gasteiger partial charge in [0.15, 0.2) is 0 Å². The first-order valence-corrected chi connectivity index (χ1v) is 6.48. The molecule has 114 valence electrons. The fourth-order valence-corrected chi connectivity index (χ4v) is 1.75. The van der Waals surface area contributed by atoms with Crippen molar-refractivity contribution in [2.24, 2.45) is 0 Å². The van der Waals surface area contributed by atoms with Crippen molar-refractivity contribution in [2.75, 3.05) is 21.2 Å². The molecule has 1 N–H and O–H groups in total. The van der Waals surface area contributed by atoms with Gasteiger partial charge in [-0.3, -0.25) is 10.1 Å². The minimum atomic E-state index is -0.554. The van der Waals surface area contributed by atoms with E-state index in [2.05, 4.69) is 18.2 Å². The molecule has 1 rings (SSSR count). The minimum absolute atomic E-state index is 0.218. The maximum atomic E-state index is 12.2. The molecule has 0 unspecified atom stereocenters. The first-order valence-electron chi connectivity index (χ1n) is 6.11. The van der Waals surface area contributed by atoms with Crippen LogP contribution in [-0.2, 0) is 20.3 Å². The van der Waals surface area contributed by atoms with Gasteiger partial charge < -0.3 is 13.8 Å². The molecule has 1 aromatic carbocycles. The quantitative estimate of drug-likeness (QED) is 0.377. The highest BCUT2D eigenvalue weighted by atomic mass is 32.1. The summed E-state index contributed by atoms with van der Waals surface area (Å²) in [4.78, 5) is 25.1. The second-order valence-corrected chi connectivity index (χ2v) is 4.61. The largest absolute Gasteiger partial charge is 0.504 e. The number of ether oxygens (including phenoxy) is 1. The van der Waals surface area contributed by atoms with Crippen LogP contribution in [-0.4, -0.2) is 38.0 Å². The Balaban J connectivity index is 3.11. The Morgan fingerprint density at radius 2 is 2.00 bits per heavy atom. The van der Waals surface area contributed by atoms with Crippen LogP contribution in [0.1, 0.15) is 11.1 Å². The smallest absolute Gasteiger partial charge is 0.323 e. The molecule has 3 amide bonds. The highest BCUT2D eigenvalue weighted by Gasteiger charge is 2.19. The molecule has 0 saturated carbocycles. The minimum Gasteiger partial charge on any atom is -0.504 e. The maximum absolute atomic E-state index is 12.2. The first kappa shape index (κ1) is 17.1. The van der Waals surface area contributed by atoms with Crippen molar-refractivity contribution in [1.29, 1.82) is 0 Å². The van der Waals surface area contributed by atoms with Gasteiger partial charge in [-0.2, -0.15) is 0 Å². The molecule has 21 heavy (non-hydrogen) atoms. The van der Waals surface area contributed by atoms with Gasteiger partial charge in [-0.25, -0.2) is 4.79 Å². The van der Waals surface area contributed by atoms with E-state index in [1.54, 1.807) is 32.3 Å². The van der Waals surface area contributed by atoms with E-state index in [9.17, 15) is 9.59 Å². The van der Waals surface area contributed by atoms with Gasteiger partial charge in [-0.15, -0.1) is 0 Å². The van der Waals surface area contributed by atoms with Crippen molar-refractivity contribution in [2.45, 2.75) is 6.61 Å². The topological polar surface area (TPSA) is 67.9 Å². The average molecular weight is 310 g/mol. The Kier molecular flexibility index (Phi) is 6.77. The summed E-state index contributed by atoms with van der Waals surface area (Å²) < 4.78 is 9.76. The Morgan fingerprint density at radius 3 is 2.57 bits per heavy atom. The zero-order valence-electron chi connectivity index (χ0n) is 12.1. The maximum Gasteiger partial charge on any atom is 0.323 e. The summed E-state index contributed by atoms with van der Waals surface area (Å²) in [6.07, 6.45) is 1.29. The van der Waals surface area contributed by atoms with Gasteiger partial charge >= 0.3 is 6.03 Å². The summed E-state index contributed by atoms with van der Waals surface area (Å²) in [5.41, 5.74) is 1.59. The van der Waals surface area contributed by atoms with Crippen molar-refractivity contribution in [3.05, 3.63) is 41.7 Å². The van der Waals surface area contributed by atoms with E-state index in [0.717, 1.165) is 5.56 Å². The molecule has 0 aliphatic rings. The highest BCUT2D eigenvalue weighted by molar-refractivity contribution is 7.75. The van der Waals surface area contributed by atoms with Crippen LogP contribution in [0.15, 0.2) is 30.5 Å². The molecule has 0 atom stereocenters. The lowest BCUT2D eigenvalue weighted by Crippen LogP contribution is -2.39. The van der Waals surface area contributed by atoms with Crippen LogP contribution in [0.2, 0.25) is 0 Å². The molecule has 0 saturated heterocycles. The fourth-order valence-electron chi connectivity index (χ4n) is 1.61. The number of hydrogen-bond donors (Lipinski definition) is 2.